The van der Waals surface area contributed by atoms with Gasteiger partial charge in [-0.25, -0.2) is 4.79 Å². The van der Waals surface area contributed by atoms with Gasteiger partial charge in [-0.15, -0.1) is 0 Å². The highest BCUT2D eigenvalue weighted by Crippen LogP contribution is 2.37. The lowest BCUT2D eigenvalue weighted by Gasteiger charge is -2.38. The zero-order valence-electron chi connectivity index (χ0n) is 14.6. The summed E-state index contributed by atoms with van der Waals surface area (Å²) in [5.41, 5.74) is 0.975. The highest BCUT2D eigenvalue weighted by molar-refractivity contribution is 6.74. The van der Waals surface area contributed by atoms with E-state index in [-0.39, 0.29) is 17.7 Å². The summed E-state index contributed by atoms with van der Waals surface area (Å²) < 4.78 is 11.4. The van der Waals surface area contributed by atoms with Gasteiger partial charge in [0.2, 0.25) is 0 Å². The molecule has 124 valence electrons. The maximum absolute atomic E-state index is 11.7. The summed E-state index contributed by atoms with van der Waals surface area (Å²) in [4.78, 5) is 11.7. The predicted octanol–water partition coefficient (Wildman–Crippen LogP) is 4.32. The van der Waals surface area contributed by atoms with Crippen molar-refractivity contribution in [3.8, 4) is 0 Å². The van der Waals surface area contributed by atoms with Crippen LogP contribution in [0, 0.1) is 0 Å². The monoisotopic (exact) mass is 323 g/mol. The third kappa shape index (κ3) is 6.20. The summed E-state index contributed by atoms with van der Waals surface area (Å²) in [6.07, 6.45) is -0.431. The molecule has 1 atom stereocenters. The van der Waals surface area contributed by atoms with E-state index in [1.807, 2.05) is 37.3 Å². The van der Waals surface area contributed by atoms with Gasteiger partial charge >= 0.3 is 6.09 Å². The second kappa shape index (κ2) is 7.79. The fraction of sp³-hybridized carbons (Fsp3) is 0.588. The molecule has 1 aromatic rings. The summed E-state index contributed by atoms with van der Waals surface area (Å²) in [6.45, 7) is 13.7. The fourth-order valence-corrected chi connectivity index (χ4v) is 3.17. The highest BCUT2D eigenvalue weighted by Gasteiger charge is 2.38. The first kappa shape index (κ1) is 18.7. The van der Waals surface area contributed by atoms with Crippen molar-refractivity contribution in [2.45, 2.75) is 58.5 Å². The van der Waals surface area contributed by atoms with Crippen LogP contribution in [0.15, 0.2) is 30.3 Å². The molecule has 5 heteroatoms. The fourth-order valence-electron chi connectivity index (χ4n) is 1.72. The molecule has 0 aliphatic heterocycles. The first-order chi connectivity index (χ1) is 10.1. The smallest absolute Gasteiger partial charge is 0.407 e. The molecule has 0 aliphatic rings. The van der Waals surface area contributed by atoms with Crippen LogP contribution in [0.5, 0.6) is 0 Å². The van der Waals surface area contributed by atoms with Crippen molar-refractivity contribution >= 4 is 14.4 Å². The van der Waals surface area contributed by atoms with Crippen LogP contribution in [0.4, 0.5) is 4.79 Å². The largest absolute Gasteiger partial charge is 0.445 e. The van der Waals surface area contributed by atoms with Crippen LogP contribution in [-0.2, 0) is 15.8 Å². The molecule has 1 rings (SSSR count). The Morgan fingerprint density at radius 1 is 1.23 bits per heavy atom. The third-order valence-electron chi connectivity index (χ3n) is 4.05. The van der Waals surface area contributed by atoms with Crippen molar-refractivity contribution in [2.24, 2.45) is 0 Å². The van der Waals surface area contributed by atoms with Crippen LogP contribution < -0.4 is 5.32 Å². The molecule has 0 saturated carbocycles. The molecule has 0 radical (unpaired) electrons. The molecular formula is C17H29NO3Si. The lowest BCUT2D eigenvalue weighted by molar-refractivity contribution is 0.130. The van der Waals surface area contributed by atoms with Crippen LogP contribution in [0.2, 0.25) is 18.1 Å². The normalized spacial score (nSPS) is 13.5. The van der Waals surface area contributed by atoms with E-state index in [1.165, 1.54) is 0 Å². The number of benzene rings is 1. The van der Waals surface area contributed by atoms with E-state index >= 15 is 0 Å². The van der Waals surface area contributed by atoms with Crippen LogP contribution >= 0.6 is 0 Å². The topological polar surface area (TPSA) is 47.6 Å². The Hall–Kier alpha value is -1.33. The van der Waals surface area contributed by atoms with Crippen molar-refractivity contribution in [2.75, 3.05) is 6.54 Å². The van der Waals surface area contributed by atoms with Gasteiger partial charge < -0.3 is 14.5 Å². The number of carbonyl (C=O) groups excluding carboxylic acids is 1. The molecule has 22 heavy (non-hydrogen) atoms. The number of rotatable bonds is 6. The molecule has 0 aliphatic carbocycles. The minimum atomic E-state index is -1.80. The molecule has 0 bridgehead atoms. The zero-order chi connectivity index (χ0) is 16.8. The van der Waals surface area contributed by atoms with E-state index in [0.717, 1.165) is 5.56 Å². The van der Waals surface area contributed by atoms with E-state index in [4.69, 9.17) is 9.16 Å². The van der Waals surface area contributed by atoms with Gasteiger partial charge in [-0.05, 0) is 30.6 Å². The Kier molecular flexibility index (Phi) is 6.62. The molecular weight excluding hydrogens is 294 g/mol. The lowest BCUT2D eigenvalue weighted by atomic mass is 10.2. The van der Waals surface area contributed by atoms with Crippen molar-refractivity contribution in [1.29, 1.82) is 0 Å². The molecule has 4 nitrogen and oxygen atoms in total. The molecule has 0 unspecified atom stereocenters. The Morgan fingerprint density at radius 2 is 1.82 bits per heavy atom. The number of hydrogen-bond donors (Lipinski definition) is 1. The van der Waals surface area contributed by atoms with E-state index in [9.17, 15) is 4.79 Å². The third-order valence-corrected chi connectivity index (χ3v) is 8.65. The molecule has 1 amide bonds. The summed E-state index contributed by atoms with van der Waals surface area (Å²) in [5.74, 6) is 0. The van der Waals surface area contributed by atoms with Gasteiger partial charge in [-0.2, -0.15) is 0 Å². The Bertz CT molecular complexity index is 469. The van der Waals surface area contributed by atoms with Gasteiger partial charge in [0.25, 0.3) is 0 Å². The van der Waals surface area contributed by atoms with Crippen LogP contribution in [-0.4, -0.2) is 27.1 Å². The van der Waals surface area contributed by atoms with Crippen molar-refractivity contribution in [1.82, 2.24) is 5.32 Å². The lowest BCUT2D eigenvalue weighted by Crippen LogP contribution is -2.46. The van der Waals surface area contributed by atoms with E-state index in [2.05, 4.69) is 39.2 Å². The maximum Gasteiger partial charge on any atom is 0.407 e. The summed E-state index contributed by atoms with van der Waals surface area (Å²) in [6, 6.07) is 9.63. The average molecular weight is 324 g/mol. The molecule has 0 aromatic heterocycles. The van der Waals surface area contributed by atoms with E-state index in [0.29, 0.717) is 6.54 Å². The molecule has 1 N–H and O–H groups in total. The standard InChI is InChI=1S/C17H29NO3Si/c1-14(21-22(5,6)17(2,3)4)12-18-16(19)20-13-15-10-8-7-9-11-15/h7-11,14H,12-13H2,1-6H3,(H,18,19)/t14-/m1/s1. The second-order valence-corrected chi connectivity index (χ2v) is 11.9. The van der Waals surface area contributed by atoms with Crippen LogP contribution in [0.1, 0.15) is 33.3 Å². The van der Waals surface area contributed by atoms with E-state index in [1.54, 1.807) is 0 Å². The molecule has 0 fully saturated rings. The number of hydrogen-bond acceptors (Lipinski definition) is 3. The molecule has 0 saturated heterocycles. The zero-order valence-corrected chi connectivity index (χ0v) is 15.6. The number of nitrogens with one attached hydrogen (secondary N) is 1. The van der Waals surface area contributed by atoms with Gasteiger partial charge in [-0.1, -0.05) is 51.1 Å². The molecule has 1 aromatic carbocycles. The van der Waals surface area contributed by atoms with Gasteiger partial charge in [0, 0.05) is 6.54 Å². The van der Waals surface area contributed by atoms with Crippen molar-refractivity contribution in [3.05, 3.63) is 35.9 Å². The summed E-state index contributed by atoms with van der Waals surface area (Å²) >= 11 is 0. The first-order valence-corrected chi connectivity index (χ1v) is 10.6. The van der Waals surface area contributed by atoms with Crippen molar-refractivity contribution in [3.63, 3.8) is 0 Å². The predicted molar refractivity (Wildman–Crippen MR) is 92.4 cm³/mol. The van der Waals surface area contributed by atoms with Crippen molar-refractivity contribution < 1.29 is 14.0 Å². The average Bonchev–Trinajstić information content (AvgIpc) is 2.42. The summed E-state index contributed by atoms with van der Waals surface area (Å²) in [7, 11) is -1.80. The first-order valence-electron chi connectivity index (χ1n) is 7.74. The van der Waals surface area contributed by atoms with Crippen LogP contribution in [0.3, 0.4) is 0 Å². The second-order valence-electron chi connectivity index (χ2n) is 7.13. The Labute approximate surface area is 135 Å². The Morgan fingerprint density at radius 3 is 2.36 bits per heavy atom. The van der Waals surface area contributed by atoms with Gasteiger partial charge in [0.1, 0.15) is 6.61 Å². The van der Waals surface area contributed by atoms with Gasteiger partial charge in [-0.3, -0.25) is 0 Å². The number of amides is 1. The number of alkyl carbamates (subject to hydrolysis) is 1. The minimum Gasteiger partial charge on any atom is -0.445 e. The maximum atomic E-state index is 11.7. The minimum absolute atomic E-state index is 0.0230. The Balaban J connectivity index is 2.32. The molecule has 0 heterocycles. The van der Waals surface area contributed by atoms with Gasteiger partial charge in [0.15, 0.2) is 8.32 Å². The van der Waals surface area contributed by atoms with Crippen LogP contribution in [0.25, 0.3) is 0 Å². The van der Waals surface area contributed by atoms with E-state index < -0.39 is 14.4 Å². The summed E-state index contributed by atoms with van der Waals surface area (Å²) in [5, 5.41) is 2.92. The molecule has 0 spiro atoms. The number of carbonyl (C=O) groups is 1. The highest BCUT2D eigenvalue weighted by atomic mass is 28.4. The van der Waals surface area contributed by atoms with Gasteiger partial charge in [0.05, 0.1) is 6.10 Å². The number of ether oxygens (including phenoxy) is 1. The quantitative estimate of drug-likeness (QED) is 0.793. The SMILES string of the molecule is C[C@H](CNC(=O)OCc1ccccc1)O[Si](C)(C)C(C)(C)C.